The number of nitrogens with zero attached hydrogens (tertiary/aromatic N) is 1. The topological polar surface area (TPSA) is 63.7 Å². The summed E-state index contributed by atoms with van der Waals surface area (Å²) in [4.78, 5) is 14.4. The van der Waals surface area contributed by atoms with Gasteiger partial charge in [-0.3, -0.25) is 4.79 Å². The van der Waals surface area contributed by atoms with E-state index in [9.17, 15) is 13.2 Å². The molecule has 0 unspecified atom stereocenters. The Hall–Kier alpha value is -2.86. The number of sulfone groups is 1. The first-order valence-electron chi connectivity index (χ1n) is 8.51. The van der Waals surface area contributed by atoms with Crippen LogP contribution in [0.4, 0.5) is 5.69 Å². The number of ether oxygens (including phenoxy) is 1. The maximum Gasteiger partial charge on any atom is 0.251 e. The third-order valence-electron chi connectivity index (χ3n) is 4.33. The third kappa shape index (κ3) is 4.65. The van der Waals surface area contributed by atoms with E-state index < -0.39 is 15.9 Å². The fourth-order valence-corrected chi connectivity index (χ4v) is 4.14. The Morgan fingerprint density at radius 3 is 2.33 bits per heavy atom. The maximum atomic E-state index is 12.9. The van der Waals surface area contributed by atoms with E-state index in [1.807, 2.05) is 55.5 Å². The lowest BCUT2D eigenvalue weighted by Gasteiger charge is -2.26. The monoisotopic (exact) mass is 383 g/mol. The number of carbonyl (C=O) groups excluding carboxylic acids is 1. The molecule has 0 saturated carbocycles. The van der Waals surface area contributed by atoms with Crippen molar-refractivity contribution in [2.45, 2.75) is 13.0 Å². The van der Waals surface area contributed by atoms with Crippen molar-refractivity contribution in [2.75, 3.05) is 17.8 Å². The minimum Gasteiger partial charge on any atom is -0.497 e. The largest absolute Gasteiger partial charge is 0.497 e. The van der Waals surface area contributed by atoms with E-state index in [2.05, 4.69) is 0 Å². The normalized spacial score (nSPS) is 17.9. The van der Waals surface area contributed by atoms with E-state index >= 15 is 0 Å². The van der Waals surface area contributed by atoms with Crippen LogP contribution in [-0.2, 0) is 14.6 Å². The van der Waals surface area contributed by atoms with Crippen LogP contribution in [0.5, 0.6) is 5.75 Å². The maximum absolute atomic E-state index is 12.9. The number of anilines is 1. The molecule has 0 N–H and O–H groups in total. The van der Waals surface area contributed by atoms with Gasteiger partial charge in [-0.2, -0.15) is 0 Å². The van der Waals surface area contributed by atoms with Gasteiger partial charge in [0.2, 0.25) is 0 Å². The highest BCUT2D eigenvalue weighted by Gasteiger charge is 2.30. The summed E-state index contributed by atoms with van der Waals surface area (Å²) < 4.78 is 28.8. The average molecular weight is 383 g/mol. The van der Waals surface area contributed by atoms with E-state index in [-0.39, 0.29) is 11.7 Å². The fraction of sp³-hybridized carbons (Fsp3) is 0.190. The zero-order valence-electron chi connectivity index (χ0n) is 15.2. The lowest BCUT2D eigenvalue weighted by molar-refractivity contribution is -0.114. The Morgan fingerprint density at radius 1 is 1.11 bits per heavy atom. The average Bonchev–Trinajstić information content (AvgIpc) is 3.01. The van der Waals surface area contributed by atoms with E-state index in [0.29, 0.717) is 5.69 Å². The van der Waals surface area contributed by atoms with Crippen molar-refractivity contribution in [3.8, 4) is 5.75 Å². The van der Waals surface area contributed by atoms with Gasteiger partial charge in [0.25, 0.3) is 5.91 Å². The van der Waals surface area contributed by atoms with Gasteiger partial charge in [0, 0.05) is 17.2 Å². The Kier molecular flexibility index (Phi) is 5.46. The van der Waals surface area contributed by atoms with Crippen molar-refractivity contribution in [3.63, 3.8) is 0 Å². The standard InChI is InChI=1S/C21H21NO4S/c1-16-3-8-18(9-4-16)22(19-13-14-27(24,25)15-19)21(23)12-7-17-5-10-20(26-2)11-6-17/h3-14,19H,15H2,1-2H3/b12-7+/t19-/m0/s1. The van der Waals surface area contributed by atoms with Crippen molar-refractivity contribution in [3.05, 3.63) is 77.2 Å². The van der Waals surface area contributed by atoms with Crippen LogP contribution in [0.2, 0.25) is 0 Å². The summed E-state index contributed by atoms with van der Waals surface area (Å²) in [6.07, 6.45) is 4.73. The van der Waals surface area contributed by atoms with Crippen LogP contribution in [0.25, 0.3) is 6.08 Å². The Morgan fingerprint density at radius 2 is 1.78 bits per heavy atom. The van der Waals surface area contributed by atoms with Crippen LogP contribution < -0.4 is 9.64 Å². The third-order valence-corrected chi connectivity index (χ3v) is 5.70. The molecule has 0 bridgehead atoms. The van der Waals surface area contributed by atoms with Gasteiger partial charge in [0.05, 0.1) is 18.9 Å². The molecular weight excluding hydrogens is 362 g/mol. The number of benzene rings is 2. The second kappa shape index (κ2) is 7.80. The number of methoxy groups -OCH3 is 1. The van der Waals surface area contributed by atoms with Gasteiger partial charge in [0.1, 0.15) is 5.75 Å². The molecule has 1 atom stereocenters. The number of amides is 1. The smallest absolute Gasteiger partial charge is 0.251 e. The molecule has 0 saturated heterocycles. The van der Waals surface area contributed by atoms with E-state index in [4.69, 9.17) is 4.74 Å². The first-order chi connectivity index (χ1) is 12.9. The first-order valence-corrected chi connectivity index (χ1v) is 10.2. The minimum atomic E-state index is -3.28. The van der Waals surface area contributed by atoms with E-state index in [1.165, 1.54) is 16.4 Å². The quantitative estimate of drug-likeness (QED) is 0.743. The molecule has 0 aliphatic carbocycles. The lowest BCUT2D eigenvalue weighted by atomic mass is 10.1. The summed E-state index contributed by atoms with van der Waals surface area (Å²) in [5, 5.41) is 1.18. The van der Waals surface area contributed by atoms with Gasteiger partial charge in [-0.15, -0.1) is 0 Å². The number of hydrogen-bond acceptors (Lipinski definition) is 4. The Bertz CT molecular complexity index is 974. The molecular formula is C21H21NO4S. The van der Waals surface area contributed by atoms with Crippen molar-refractivity contribution < 1.29 is 17.9 Å². The number of rotatable bonds is 5. The molecule has 0 fully saturated rings. The number of carbonyl (C=O) groups is 1. The molecule has 140 valence electrons. The van der Waals surface area contributed by atoms with Gasteiger partial charge in [-0.05, 0) is 48.9 Å². The molecule has 3 rings (SSSR count). The van der Waals surface area contributed by atoms with Gasteiger partial charge in [-0.1, -0.05) is 29.8 Å². The number of hydrogen-bond donors (Lipinski definition) is 0. The summed E-state index contributed by atoms with van der Waals surface area (Å²) >= 11 is 0. The van der Waals surface area contributed by atoms with Crippen molar-refractivity contribution >= 4 is 27.5 Å². The molecule has 5 nitrogen and oxygen atoms in total. The summed E-state index contributed by atoms with van der Waals surface area (Å²) in [5.74, 6) is 0.352. The zero-order chi connectivity index (χ0) is 19.4. The van der Waals surface area contributed by atoms with Crippen LogP contribution in [-0.4, -0.2) is 33.2 Å². The molecule has 1 amide bonds. The first kappa shape index (κ1) is 18.9. The summed E-state index contributed by atoms with van der Waals surface area (Å²) in [7, 11) is -1.68. The molecule has 0 spiro atoms. The zero-order valence-corrected chi connectivity index (χ0v) is 16.0. The molecule has 2 aromatic carbocycles. The SMILES string of the molecule is COc1ccc(/C=C/C(=O)N(c2ccc(C)cc2)[C@H]2C=CS(=O)(=O)C2)cc1. The van der Waals surface area contributed by atoms with Gasteiger partial charge < -0.3 is 9.64 Å². The van der Waals surface area contributed by atoms with Crippen LogP contribution in [0.3, 0.4) is 0 Å². The molecule has 1 aliphatic rings. The summed E-state index contributed by atoms with van der Waals surface area (Å²) in [5.41, 5.74) is 2.58. The second-order valence-electron chi connectivity index (χ2n) is 6.38. The summed E-state index contributed by atoms with van der Waals surface area (Å²) in [6.45, 7) is 1.96. The lowest BCUT2D eigenvalue weighted by Crippen LogP contribution is -2.40. The van der Waals surface area contributed by atoms with Crippen molar-refractivity contribution in [1.29, 1.82) is 0 Å². The van der Waals surface area contributed by atoms with Crippen LogP contribution in [0, 0.1) is 6.92 Å². The Balaban J connectivity index is 1.87. The predicted molar refractivity (Wildman–Crippen MR) is 107 cm³/mol. The van der Waals surface area contributed by atoms with Crippen molar-refractivity contribution in [1.82, 2.24) is 0 Å². The minimum absolute atomic E-state index is 0.108. The molecule has 6 heteroatoms. The molecule has 0 aromatic heterocycles. The highest BCUT2D eigenvalue weighted by Crippen LogP contribution is 2.24. The summed E-state index contributed by atoms with van der Waals surface area (Å²) in [6, 6.07) is 14.2. The molecule has 0 radical (unpaired) electrons. The molecule has 1 heterocycles. The van der Waals surface area contributed by atoms with Crippen LogP contribution in [0.1, 0.15) is 11.1 Å². The predicted octanol–water partition coefficient (Wildman–Crippen LogP) is 3.36. The second-order valence-corrected chi connectivity index (χ2v) is 8.31. The van der Waals surface area contributed by atoms with E-state index in [1.54, 1.807) is 19.3 Å². The van der Waals surface area contributed by atoms with Gasteiger partial charge in [-0.25, -0.2) is 8.42 Å². The Labute approximate surface area is 159 Å². The van der Waals surface area contributed by atoms with E-state index in [0.717, 1.165) is 16.9 Å². The highest BCUT2D eigenvalue weighted by atomic mass is 32.2. The van der Waals surface area contributed by atoms with Crippen molar-refractivity contribution in [2.24, 2.45) is 0 Å². The molecule has 2 aromatic rings. The highest BCUT2D eigenvalue weighted by molar-refractivity contribution is 7.94. The van der Waals surface area contributed by atoms with Gasteiger partial charge >= 0.3 is 0 Å². The van der Waals surface area contributed by atoms with Crippen LogP contribution in [0.15, 0.2) is 66.1 Å². The van der Waals surface area contributed by atoms with Crippen LogP contribution >= 0.6 is 0 Å². The number of aryl methyl sites for hydroxylation is 1. The molecule has 1 aliphatic heterocycles. The molecule has 27 heavy (non-hydrogen) atoms. The fourth-order valence-electron chi connectivity index (χ4n) is 2.87. The van der Waals surface area contributed by atoms with Gasteiger partial charge in [0.15, 0.2) is 9.84 Å².